The van der Waals surface area contributed by atoms with Crippen molar-refractivity contribution < 1.29 is 14.3 Å². The van der Waals surface area contributed by atoms with Gasteiger partial charge in [0.15, 0.2) is 0 Å². The van der Waals surface area contributed by atoms with Gasteiger partial charge in [-0.05, 0) is 32.8 Å². The maximum absolute atomic E-state index is 11.9. The van der Waals surface area contributed by atoms with Crippen molar-refractivity contribution in [1.82, 2.24) is 5.32 Å². The Morgan fingerprint density at radius 1 is 1.23 bits per heavy atom. The fourth-order valence-corrected chi connectivity index (χ4v) is 2.02. The van der Waals surface area contributed by atoms with E-state index in [1.807, 2.05) is 51.1 Å². The zero-order chi connectivity index (χ0) is 16.4. The Hall–Kier alpha value is -1.55. The molecule has 1 amide bonds. The molecule has 22 heavy (non-hydrogen) atoms. The van der Waals surface area contributed by atoms with Crippen LogP contribution in [0.1, 0.15) is 52.5 Å². The van der Waals surface area contributed by atoms with Crippen LogP contribution >= 0.6 is 0 Å². The zero-order valence-corrected chi connectivity index (χ0v) is 14.2. The lowest BCUT2D eigenvalue weighted by atomic mass is 10.1. The smallest absolute Gasteiger partial charge is 0.407 e. The Labute approximate surface area is 134 Å². The van der Waals surface area contributed by atoms with Gasteiger partial charge in [0, 0.05) is 0 Å². The van der Waals surface area contributed by atoms with Crippen molar-refractivity contribution in [3.8, 4) is 0 Å². The SMILES string of the molecule is CCCC[C@@H](COCc1ccccc1)NC(=O)OC(C)(C)C. The third-order valence-corrected chi connectivity index (χ3v) is 3.06. The summed E-state index contributed by atoms with van der Waals surface area (Å²) in [5, 5.41) is 2.91. The molecule has 0 fully saturated rings. The molecule has 1 aromatic rings. The minimum absolute atomic E-state index is 0.0153. The molecular weight excluding hydrogens is 278 g/mol. The summed E-state index contributed by atoms with van der Waals surface area (Å²) in [4.78, 5) is 11.9. The van der Waals surface area contributed by atoms with Crippen LogP contribution in [0.3, 0.4) is 0 Å². The van der Waals surface area contributed by atoms with E-state index in [9.17, 15) is 4.79 Å². The normalized spacial score (nSPS) is 12.7. The van der Waals surface area contributed by atoms with E-state index in [0.717, 1.165) is 24.8 Å². The summed E-state index contributed by atoms with van der Waals surface area (Å²) in [6, 6.07) is 10.0. The first-order chi connectivity index (χ1) is 10.4. The Kier molecular flexibility index (Phi) is 7.96. The summed E-state index contributed by atoms with van der Waals surface area (Å²) in [7, 11) is 0. The Bertz CT molecular complexity index is 426. The van der Waals surface area contributed by atoms with Gasteiger partial charge >= 0.3 is 6.09 Å². The zero-order valence-electron chi connectivity index (χ0n) is 14.2. The van der Waals surface area contributed by atoms with Crippen LogP contribution in [0.25, 0.3) is 0 Å². The number of ether oxygens (including phenoxy) is 2. The molecule has 0 spiro atoms. The molecule has 1 rings (SSSR count). The lowest BCUT2D eigenvalue weighted by molar-refractivity contribution is 0.0420. The minimum Gasteiger partial charge on any atom is -0.444 e. The van der Waals surface area contributed by atoms with Crippen molar-refractivity contribution in [1.29, 1.82) is 0 Å². The van der Waals surface area contributed by atoms with Crippen LogP contribution in [0.4, 0.5) is 4.79 Å². The first-order valence-electron chi connectivity index (χ1n) is 8.02. The van der Waals surface area contributed by atoms with Crippen molar-refractivity contribution >= 4 is 6.09 Å². The summed E-state index contributed by atoms with van der Waals surface area (Å²) in [5.74, 6) is 0. The van der Waals surface area contributed by atoms with Crippen molar-refractivity contribution in [3.05, 3.63) is 35.9 Å². The van der Waals surface area contributed by atoms with Crippen molar-refractivity contribution in [3.63, 3.8) is 0 Å². The van der Waals surface area contributed by atoms with Crippen LogP contribution in [-0.2, 0) is 16.1 Å². The maximum Gasteiger partial charge on any atom is 0.407 e. The molecule has 0 radical (unpaired) electrons. The number of unbranched alkanes of at least 4 members (excludes halogenated alkanes) is 1. The third kappa shape index (κ3) is 8.67. The molecule has 0 unspecified atom stereocenters. The molecule has 1 N–H and O–H groups in total. The Morgan fingerprint density at radius 2 is 1.91 bits per heavy atom. The number of carbonyl (C=O) groups is 1. The van der Waals surface area contributed by atoms with Gasteiger partial charge in [0.05, 0.1) is 19.3 Å². The summed E-state index contributed by atoms with van der Waals surface area (Å²) in [5.41, 5.74) is 0.651. The van der Waals surface area contributed by atoms with Crippen LogP contribution in [0.2, 0.25) is 0 Å². The molecule has 0 saturated carbocycles. The van der Waals surface area contributed by atoms with E-state index in [2.05, 4.69) is 12.2 Å². The quantitative estimate of drug-likeness (QED) is 0.779. The predicted octanol–water partition coefficient (Wildman–Crippen LogP) is 4.29. The molecule has 4 nitrogen and oxygen atoms in total. The van der Waals surface area contributed by atoms with E-state index in [-0.39, 0.29) is 12.1 Å². The van der Waals surface area contributed by atoms with Gasteiger partial charge in [0.1, 0.15) is 5.60 Å². The van der Waals surface area contributed by atoms with Gasteiger partial charge in [-0.2, -0.15) is 0 Å². The highest BCUT2D eigenvalue weighted by atomic mass is 16.6. The topological polar surface area (TPSA) is 47.6 Å². The van der Waals surface area contributed by atoms with Gasteiger partial charge < -0.3 is 14.8 Å². The molecule has 1 atom stereocenters. The second-order valence-corrected chi connectivity index (χ2v) is 6.49. The van der Waals surface area contributed by atoms with Crippen LogP contribution in [0.5, 0.6) is 0 Å². The Morgan fingerprint density at radius 3 is 2.50 bits per heavy atom. The number of nitrogens with one attached hydrogen (secondary N) is 1. The predicted molar refractivity (Wildman–Crippen MR) is 88.8 cm³/mol. The molecule has 124 valence electrons. The molecule has 0 aliphatic rings. The highest BCUT2D eigenvalue weighted by Crippen LogP contribution is 2.09. The highest BCUT2D eigenvalue weighted by Gasteiger charge is 2.19. The first-order valence-corrected chi connectivity index (χ1v) is 8.02. The fourth-order valence-electron chi connectivity index (χ4n) is 2.02. The van der Waals surface area contributed by atoms with E-state index < -0.39 is 5.60 Å². The molecule has 0 aliphatic carbocycles. The van der Waals surface area contributed by atoms with Gasteiger partial charge in [-0.1, -0.05) is 50.1 Å². The Balaban J connectivity index is 2.41. The average molecular weight is 307 g/mol. The monoisotopic (exact) mass is 307 g/mol. The van der Waals surface area contributed by atoms with E-state index in [4.69, 9.17) is 9.47 Å². The molecular formula is C18H29NO3. The largest absolute Gasteiger partial charge is 0.444 e. The minimum atomic E-state index is -0.482. The lowest BCUT2D eigenvalue weighted by Gasteiger charge is -2.23. The number of hydrogen-bond donors (Lipinski definition) is 1. The van der Waals surface area contributed by atoms with Crippen molar-refractivity contribution in [2.24, 2.45) is 0 Å². The summed E-state index contributed by atoms with van der Waals surface area (Å²) >= 11 is 0. The summed E-state index contributed by atoms with van der Waals surface area (Å²) < 4.78 is 11.0. The number of amides is 1. The first kappa shape index (κ1) is 18.5. The molecule has 0 saturated heterocycles. The van der Waals surface area contributed by atoms with E-state index in [0.29, 0.717) is 13.2 Å². The number of carbonyl (C=O) groups excluding carboxylic acids is 1. The van der Waals surface area contributed by atoms with E-state index in [1.165, 1.54) is 0 Å². The third-order valence-electron chi connectivity index (χ3n) is 3.06. The second-order valence-electron chi connectivity index (χ2n) is 6.49. The van der Waals surface area contributed by atoms with Gasteiger partial charge in [0.25, 0.3) is 0 Å². The number of alkyl carbamates (subject to hydrolysis) is 1. The number of hydrogen-bond acceptors (Lipinski definition) is 3. The van der Waals surface area contributed by atoms with Crippen LogP contribution in [0, 0.1) is 0 Å². The fraction of sp³-hybridized carbons (Fsp3) is 0.611. The summed E-state index contributed by atoms with van der Waals surface area (Å²) in [6.07, 6.45) is 2.65. The number of benzene rings is 1. The molecule has 0 bridgehead atoms. The number of rotatable bonds is 8. The van der Waals surface area contributed by atoms with Crippen LogP contribution < -0.4 is 5.32 Å². The van der Waals surface area contributed by atoms with Crippen LogP contribution in [-0.4, -0.2) is 24.3 Å². The highest BCUT2D eigenvalue weighted by molar-refractivity contribution is 5.68. The van der Waals surface area contributed by atoms with Gasteiger partial charge in [-0.15, -0.1) is 0 Å². The second kappa shape index (κ2) is 9.46. The lowest BCUT2D eigenvalue weighted by Crippen LogP contribution is -2.41. The molecule has 4 heteroatoms. The molecule has 0 aromatic heterocycles. The van der Waals surface area contributed by atoms with Gasteiger partial charge in [-0.25, -0.2) is 4.79 Å². The van der Waals surface area contributed by atoms with Crippen molar-refractivity contribution in [2.45, 2.75) is 65.2 Å². The molecule has 0 heterocycles. The average Bonchev–Trinajstić information content (AvgIpc) is 2.43. The van der Waals surface area contributed by atoms with Crippen molar-refractivity contribution in [2.75, 3.05) is 6.61 Å². The standard InChI is InChI=1S/C18H29NO3/c1-5-6-12-16(19-17(20)22-18(2,3)4)14-21-13-15-10-8-7-9-11-15/h7-11,16H,5-6,12-14H2,1-4H3,(H,19,20)/t16-/m0/s1. The van der Waals surface area contributed by atoms with E-state index >= 15 is 0 Å². The molecule has 0 aliphatic heterocycles. The van der Waals surface area contributed by atoms with Gasteiger partial charge in [0.2, 0.25) is 0 Å². The summed E-state index contributed by atoms with van der Waals surface area (Å²) in [6.45, 7) is 8.77. The molecule has 1 aromatic carbocycles. The van der Waals surface area contributed by atoms with E-state index in [1.54, 1.807) is 0 Å². The maximum atomic E-state index is 11.9. The van der Waals surface area contributed by atoms with Gasteiger partial charge in [-0.3, -0.25) is 0 Å². The van der Waals surface area contributed by atoms with Crippen LogP contribution in [0.15, 0.2) is 30.3 Å².